The summed E-state index contributed by atoms with van der Waals surface area (Å²) in [6.45, 7) is 0.0549. The first-order valence-corrected chi connectivity index (χ1v) is 10.7. The zero-order chi connectivity index (χ0) is 20.0. The summed E-state index contributed by atoms with van der Waals surface area (Å²) in [4.78, 5) is 13.3. The molecule has 27 heavy (non-hydrogen) atoms. The second-order valence-electron chi connectivity index (χ2n) is 5.76. The van der Waals surface area contributed by atoms with Crippen molar-refractivity contribution in [1.29, 1.82) is 0 Å². The third-order valence-corrected chi connectivity index (χ3v) is 6.38. The molecule has 0 saturated carbocycles. The first kappa shape index (κ1) is 21.1. The molecule has 0 aliphatic heterocycles. The monoisotopic (exact) mass is 409 g/mol. The van der Waals surface area contributed by atoms with E-state index in [4.69, 9.17) is 4.74 Å². The lowest BCUT2D eigenvalue weighted by molar-refractivity contribution is -0.114. The number of sulfonamides is 1. The quantitative estimate of drug-likeness (QED) is 0.652. The Morgan fingerprint density at radius 1 is 1.19 bits per heavy atom. The van der Waals surface area contributed by atoms with Crippen LogP contribution in [0.1, 0.15) is 0 Å². The van der Waals surface area contributed by atoms with E-state index in [1.165, 1.54) is 33.3 Å². The molecule has 2 aromatic rings. The maximum Gasteiger partial charge on any atom is 0.246 e. The Morgan fingerprint density at radius 2 is 1.89 bits per heavy atom. The largest absolute Gasteiger partial charge is 0.495 e. The maximum absolute atomic E-state index is 12.4. The predicted octanol–water partition coefficient (Wildman–Crippen LogP) is 2.72. The highest BCUT2D eigenvalue weighted by Gasteiger charge is 2.23. The minimum absolute atomic E-state index is 0.00603. The second kappa shape index (κ2) is 9.12. The van der Waals surface area contributed by atoms with Crippen molar-refractivity contribution in [3.63, 3.8) is 0 Å². The zero-order valence-corrected chi connectivity index (χ0v) is 17.3. The van der Waals surface area contributed by atoms with Gasteiger partial charge in [0, 0.05) is 30.4 Å². The molecule has 1 amide bonds. The van der Waals surface area contributed by atoms with Crippen molar-refractivity contribution in [1.82, 2.24) is 4.31 Å². The van der Waals surface area contributed by atoms with Crippen molar-refractivity contribution in [3.05, 3.63) is 42.5 Å². The zero-order valence-electron chi connectivity index (χ0n) is 15.6. The molecule has 0 aliphatic rings. The Morgan fingerprint density at radius 3 is 2.52 bits per heavy atom. The molecule has 0 unspecified atom stereocenters. The van der Waals surface area contributed by atoms with Gasteiger partial charge in [0.25, 0.3) is 0 Å². The number of para-hydroxylation sites is 1. The normalized spacial score (nSPS) is 11.3. The highest BCUT2D eigenvalue weighted by atomic mass is 32.2. The SMILES string of the molecule is COc1ccc(NC(=O)CNc2ccccc2SC)cc1S(=O)(=O)N(C)C. The van der Waals surface area contributed by atoms with Gasteiger partial charge < -0.3 is 15.4 Å². The molecule has 2 N–H and O–H groups in total. The fourth-order valence-electron chi connectivity index (χ4n) is 2.32. The molecule has 7 nitrogen and oxygen atoms in total. The van der Waals surface area contributed by atoms with Gasteiger partial charge in [-0.2, -0.15) is 0 Å². The van der Waals surface area contributed by atoms with Gasteiger partial charge in [-0.15, -0.1) is 11.8 Å². The van der Waals surface area contributed by atoms with Gasteiger partial charge in [-0.05, 0) is 36.6 Å². The van der Waals surface area contributed by atoms with E-state index in [1.807, 2.05) is 30.5 Å². The average Bonchev–Trinajstić information content (AvgIpc) is 2.66. The van der Waals surface area contributed by atoms with Gasteiger partial charge in [0.1, 0.15) is 10.6 Å². The highest BCUT2D eigenvalue weighted by molar-refractivity contribution is 7.98. The van der Waals surface area contributed by atoms with Crippen LogP contribution in [0.4, 0.5) is 11.4 Å². The minimum Gasteiger partial charge on any atom is -0.495 e. The summed E-state index contributed by atoms with van der Waals surface area (Å²) in [5.41, 5.74) is 1.24. The first-order valence-electron chi connectivity index (χ1n) is 8.07. The highest BCUT2D eigenvalue weighted by Crippen LogP contribution is 2.29. The van der Waals surface area contributed by atoms with Gasteiger partial charge in [0.2, 0.25) is 15.9 Å². The van der Waals surface area contributed by atoms with E-state index in [2.05, 4.69) is 10.6 Å². The molecule has 0 saturated heterocycles. The van der Waals surface area contributed by atoms with Gasteiger partial charge in [-0.3, -0.25) is 4.79 Å². The molecule has 0 heterocycles. The number of hydrogen-bond donors (Lipinski definition) is 2. The summed E-state index contributed by atoms with van der Waals surface area (Å²) in [5, 5.41) is 5.79. The van der Waals surface area contributed by atoms with Crippen LogP contribution < -0.4 is 15.4 Å². The number of methoxy groups -OCH3 is 1. The average molecular weight is 410 g/mol. The number of nitrogens with zero attached hydrogens (tertiary/aromatic N) is 1. The number of amides is 1. The molecule has 0 aromatic heterocycles. The van der Waals surface area contributed by atoms with Crippen molar-refractivity contribution >= 4 is 39.1 Å². The van der Waals surface area contributed by atoms with Crippen LogP contribution in [-0.4, -0.2) is 52.6 Å². The molecule has 0 aliphatic carbocycles. The van der Waals surface area contributed by atoms with E-state index in [-0.39, 0.29) is 23.1 Å². The second-order valence-corrected chi connectivity index (χ2v) is 8.72. The van der Waals surface area contributed by atoms with Crippen molar-refractivity contribution in [3.8, 4) is 5.75 Å². The lowest BCUT2D eigenvalue weighted by Gasteiger charge is -2.16. The Hall–Kier alpha value is -2.23. The van der Waals surface area contributed by atoms with Gasteiger partial charge in [0.15, 0.2) is 0 Å². The molecule has 146 valence electrons. The van der Waals surface area contributed by atoms with Crippen molar-refractivity contribution < 1.29 is 17.9 Å². The van der Waals surface area contributed by atoms with Crippen LogP contribution in [0.2, 0.25) is 0 Å². The van der Waals surface area contributed by atoms with Gasteiger partial charge in [-0.1, -0.05) is 12.1 Å². The summed E-state index contributed by atoms with van der Waals surface area (Å²) in [7, 11) is 0.570. The first-order chi connectivity index (χ1) is 12.8. The number of thioether (sulfide) groups is 1. The lowest BCUT2D eigenvalue weighted by Crippen LogP contribution is -2.24. The number of ether oxygens (including phenoxy) is 1. The van der Waals surface area contributed by atoms with Crippen molar-refractivity contribution in [2.75, 3.05) is 44.6 Å². The smallest absolute Gasteiger partial charge is 0.246 e. The summed E-state index contributed by atoms with van der Waals surface area (Å²) >= 11 is 1.58. The standard InChI is InChI=1S/C18H23N3O4S2/c1-21(2)27(23,24)17-11-13(9-10-15(17)25-3)20-18(22)12-19-14-7-5-6-8-16(14)26-4/h5-11,19H,12H2,1-4H3,(H,20,22). The van der Waals surface area contributed by atoms with Crippen LogP contribution in [0.3, 0.4) is 0 Å². The van der Waals surface area contributed by atoms with Crippen LogP contribution >= 0.6 is 11.8 Å². The lowest BCUT2D eigenvalue weighted by atomic mass is 10.3. The Balaban J connectivity index is 2.14. The van der Waals surface area contributed by atoms with Crippen LogP contribution in [0.5, 0.6) is 5.75 Å². The van der Waals surface area contributed by atoms with Crippen LogP contribution in [-0.2, 0) is 14.8 Å². The number of hydrogen-bond acceptors (Lipinski definition) is 6. The van der Waals surface area contributed by atoms with Crippen molar-refractivity contribution in [2.45, 2.75) is 9.79 Å². The minimum atomic E-state index is -3.70. The van der Waals surface area contributed by atoms with E-state index in [9.17, 15) is 13.2 Å². The number of benzene rings is 2. The summed E-state index contributed by atoms with van der Waals surface area (Å²) < 4.78 is 31.1. The fourth-order valence-corrected chi connectivity index (χ4v) is 3.97. The molecule has 9 heteroatoms. The summed E-state index contributed by atoms with van der Waals surface area (Å²) in [6.07, 6.45) is 1.96. The third-order valence-electron chi connectivity index (χ3n) is 3.75. The number of carbonyl (C=O) groups excluding carboxylic acids is 1. The Kier molecular flexibility index (Phi) is 7.11. The fraction of sp³-hybridized carbons (Fsp3) is 0.278. The van der Waals surface area contributed by atoms with Gasteiger partial charge in [-0.25, -0.2) is 12.7 Å². The van der Waals surface area contributed by atoms with Crippen LogP contribution in [0.25, 0.3) is 0 Å². The number of anilines is 2. The summed E-state index contributed by atoms with van der Waals surface area (Å²) in [5.74, 6) is -0.0713. The van der Waals surface area contributed by atoms with E-state index >= 15 is 0 Å². The molecule has 0 bridgehead atoms. The molecule has 0 spiro atoms. The maximum atomic E-state index is 12.4. The Bertz CT molecular complexity index is 915. The van der Waals surface area contributed by atoms with E-state index in [1.54, 1.807) is 17.8 Å². The molecule has 0 atom stereocenters. The van der Waals surface area contributed by atoms with Crippen molar-refractivity contribution in [2.24, 2.45) is 0 Å². The van der Waals surface area contributed by atoms with Gasteiger partial charge >= 0.3 is 0 Å². The van der Waals surface area contributed by atoms with Crippen LogP contribution in [0.15, 0.2) is 52.3 Å². The number of rotatable bonds is 8. The van der Waals surface area contributed by atoms with E-state index in [0.717, 1.165) is 14.9 Å². The third kappa shape index (κ3) is 5.15. The number of nitrogens with one attached hydrogen (secondary N) is 2. The predicted molar refractivity (Wildman–Crippen MR) is 109 cm³/mol. The number of carbonyl (C=O) groups is 1. The van der Waals surface area contributed by atoms with Gasteiger partial charge in [0.05, 0.1) is 13.7 Å². The van der Waals surface area contributed by atoms with Crippen LogP contribution in [0, 0.1) is 0 Å². The van der Waals surface area contributed by atoms with E-state index in [0.29, 0.717) is 5.69 Å². The molecule has 2 aromatic carbocycles. The molecule has 2 rings (SSSR count). The molecular weight excluding hydrogens is 386 g/mol. The molecule has 0 fully saturated rings. The topological polar surface area (TPSA) is 87.7 Å². The Labute approximate surface area is 164 Å². The van der Waals surface area contributed by atoms with E-state index < -0.39 is 10.0 Å². The molecular formula is C18H23N3O4S2. The molecule has 0 radical (unpaired) electrons. The summed E-state index contributed by atoms with van der Waals surface area (Å²) in [6, 6.07) is 12.2.